The number of hydrogen-bond acceptors (Lipinski definition) is 4. The molecule has 0 saturated heterocycles. The van der Waals surface area contributed by atoms with Crippen LogP contribution in [0, 0.1) is 0 Å². The van der Waals surface area contributed by atoms with Crippen LogP contribution in [0.2, 0.25) is 0 Å². The molecule has 0 bridgehead atoms. The van der Waals surface area contributed by atoms with Crippen LogP contribution in [0.3, 0.4) is 0 Å². The SMILES string of the molecule is CCOC(=O)COc1ccc(CCO)cc1. The van der Waals surface area contributed by atoms with Gasteiger partial charge >= 0.3 is 5.97 Å². The Morgan fingerprint density at radius 1 is 1.31 bits per heavy atom. The van der Waals surface area contributed by atoms with Crippen molar-refractivity contribution < 1.29 is 19.4 Å². The first-order chi connectivity index (χ1) is 7.76. The van der Waals surface area contributed by atoms with Gasteiger partial charge in [0, 0.05) is 6.61 Å². The minimum Gasteiger partial charge on any atom is -0.482 e. The first-order valence-electron chi connectivity index (χ1n) is 5.24. The topological polar surface area (TPSA) is 55.8 Å². The lowest BCUT2D eigenvalue weighted by atomic mass is 10.1. The van der Waals surface area contributed by atoms with Gasteiger partial charge in [-0.2, -0.15) is 0 Å². The molecule has 4 heteroatoms. The zero-order valence-electron chi connectivity index (χ0n) is 9.31. The highest BCUT2D eigenvalue weighted by Crippen LogP contribution is 2.12. The molecule has 0 heterocycles. The van der Waals surface area contributed by atoms with E-state index in [9.17, 15) is 4.79 Å². The Bertz CT molecular complexity index is 318. The smallest absolute Gasteiger partial charge is 0.344 e. The third-order valence-corrected chi connectivity index (χ3v) is 1.99. The van der Waals surface area contributed by atoms with Gasteiger partial charge < -0.3 is 14.6 Å². The van der Waals surface area contributed by atoms with Crippen molar-refractivity contribution in [3.8, 4) is 5.75 Å². The number of esters is 1. The highest BCUT2D eigenvalue weighted by molar-refractivity contribution is 5.71. The van der Waals surface area contributed by atoms with E-state index in [4.69, 9.17) is 14.6 Å². The van der Waals surface area contributed by atoms with Gasteiger partial charge in [-0.25, -0.2) is 4.79 Å². The van der Waals surface area contributed by atoms with Crippen molar-refractivity contribution in [2.45, 2.75) is 13.3 Å². The summed E-state index contributed by atoms with van der Waals surface area (Å²) >= 11 is 0. The highest BCUT2D eigenvalue weighted by Gasteiger charge is 2.02. The molecule has 0 aliphatic rings. The summed E-state index contributed by atoms with van der Waals surface area (Å²) in [7, 11) is 0. The summed E-state index contributed by atoms with van der Waals surface area (Å²) < 4.78 is 9.95. The van der Waals surface area contributed by atoms with Crippen molar-refractivity contribution in [2.75, 3.05) is 19.8 Å². The summed E-state index contributed by atoms with van der Waals surface area (Å²) in [5.41, 5.74) is 1.03. The largest absolute Gasteiger partial charge is 0.482 e. The number of carbonyl (C=O) groups excluding carboxylic acids is 1. The maximum atomic E-state index is 11.0. The van der Waals surface area contributed by atoms with Crippen molar-refractivity contribution in [2.24, 2.45) is 0 Å². The molecule has 1 N–H and O–H groups in total. The summed E-state index contributed by atoms with van der Waals surface area (Å²) in [6.45, 7) is 2.16. The fraction of sp³-hybridized carbons (Fsp3) is 0.417. The minimum absolute atomic E-state index is 0.0762. The van der Waals surface area contributed by atoms with Crippen LogP contribution < -0.4 is 4.74 Å². The number of benzene rings is 1. The molecule has 88 valence electrons. The Morgan fingerprint density at radius 3 is 2.56 bits per heavy atom. The average molecular weight is 224 g/mol. The molecule has 0 atom stereocenters. The number of aliphatic hydroxyl groups is 1. The average Bonchev–Trinajstić information content (AvgIpc) is 2.29. The zero-order valence-corrected chi connectivity index (χ0v) is 9.31. The maximum Gasteiger partial charge on any atom is 0.344 e. The Morgan fingerprint density at radius 2 is 2.00 bits per heavy atom. The molecular weight excluding hydrogens is 208 g/mol. The molecule has 0 fully saturated rings. The Hall–Kier alpha value is -1.55. The summed E-state index contributed by atoms with van der Waals surface area (Å²) in [5, 5.41) is 8.73. The minimum atomic E-state index is -0.373. The van der Waals surface area contributed by atoms with Crippen LogP contribution in [0.15, 0.2) is 24.3 Å². The van der Waals surface area contributed by atoms with E-state index in [2.05, 4.69) is 0 Å². The van der Waals surface area contributed by atoms with Gasteiger partial charge in [0.15, 0.2) is 6.61 Å². The van der Waals surface area contributed by atoms with E-state index in [1.165, 1.54) is 0 Å². The molecule has 0 unspecified atom stereocenters. The second-order valence-corrected chi connectivity index (χ2v) is 3.21. The molecule has 0 aliphatic carbocycles. The molecule has 4 nitrogen and oxygen atoms in total. The highest BCUT2D eigenvalue weighted by atomic mass is 16.6. The molecule has 1 aromatic rings. The first-order valence-corrected chi connectivity index (χ1v) is 5.24. The van der Waals surface area contributed by atoms with Crippen molar-refractivity contribution in [3.63, 3.8) is 0 Å². The third-order valence-electron chi connectivity index (χ3n) is 1.99. The number of ether oxygens (including phenoxy) is 2. The second kappa shape index (κ2) is 6.85. The molecule has 0 saturated carbocycles. The van der Waals surface area contributed by atoms with Gasteiger partial charge in [-0.1, -0.05) is 12.1 Å². The van der Waals surface area contributed by atoms with Crippen molar-refractivity contribution in [1.29, 1.82) is 0 Å². The van der Waals surface area contributed by atoms with Crippen molar-refractivity contribution in [3.05, 3.63) is 29.8 Å². The van der Waals surface area contributed by atoms with Gasteiger partial charge in [-0.05, 0) is 31.0 Å². The first kappa shape index (κ1) is 12.5. The van der Waals surface area contributed by atoms with Gasteiger partial charge in [0.05, 0.1) is 6.61 Å². The van der Waals surface area contributed by atoms with Crippen molar-refractivity contribution >= 4 is 5.97 Å². The number of rotatable bonds is 6. The van der Waals surface area contributed by atoms with Gasteiger partial charge in [0.1, 0.15) is 5.75 Å². The fourth-order valence-electron chi connectivity index (χ4n) is 1.23. The van der Waals surface area contributed by atoms with Gasteiger partial charge in [-0.3, -0.25) is 0 Å². The van der Waals surface area contributed by atoms with Crippen LogP contribution >= 0.6 is 0 Å². The van der Waals surface area contributed by atoms with Gasteiger partial charge in [-0.15, -0.1) is 0 Å². The van der Waals surface area contributed by atoms with Gasteiger partial charge in [0.25, 0.3) is 0 Å². The van der Waals surface area contributed by atoms with Crippen LogP contribution in [0.25, 0.3) is 0 Å². The fourth-order valence-corrected chi connectivity index (χ4v) is 1.23. The van der Waals surface area contributed by atoms with Crippen LogP contribution in [0.4, 0.5) is 0 Å². The molecule has 0 spiro atoms. The summed E-state index contributed by atoms with van der Waals surface area (Å²) in [6, 6.07) is 7.25. The van der Waals surface area contributed by atoms with E-state index in [1.54, 1.807) is 19.1 Å². The lowest BCUT2D eigenvalue weighted by Gasteiger charge is -2.06. The number of hydrogen-bond donors (Lipinski definition) is 1. The molecule has 1 rings (SSSR count). The maximum absolute atomic E-state index is 11.0. The normalized spacial score (nSPS) is 9.88. The molecule has 0 aromatic heterocycles. The molecule has 1 aromatic carbocycles. The Balaban J connectivity index is 2.40. The second-order valence-electron chi connectivity index (χ2n) is 3.21. The number of aliphatic hydroxyl groups excluding tert-OH is 1. The predicted octanol–water partition coefficient (Wildman–Crippen LogP) is 1.16. The lowest BCUT2D eigenvalue weighted by molar-refractivity contribution is -0.145. The Labute approximate surface area is 94.8 Å². The quantitative estimate of drug-likeness (QED) is 0.737. The van der Waals surface area contributed by atoms with Crippen LogP contribution in [-0.4, -0.2) is 30.9 Å². The molecule has 16 heavy (non-hydrogen) atoms. The van der Waals surface area contributed by atoms with E-state index >= 15 is 0 Å². The monoisotopic (exact) mass is 224 g/mol. The summed E-state index contributed by atoms with van der Waals surface area (Å²) in [4.78, 5) is 11.0. The lowest BCUT2D eigenvalue weighted by Crippen LogP contribution is -2.14. The molecular formula is C12H16O4. The van der Waals surface area contributed by atoms with Gasteiger partial charge in [0.2, 0.25) is 0 Å². The third kappa shape index (κ3) is 4.31. The number of carbonyl (C=O) groups is 1. The van der Waals surface area contributed by atoms with E-state index in [0.717, 1.165) is 5.56 Å². The molecule has 0 radical (unpaired) electrons. The molecule has 0 aliphatic heterocycles. The predicted molar refractivity (Wildman–Crippen MR) is 59.4 cm³/mol. The van der Waals surface area contributed by atoms with Crippen LogP contribution in [-0.2, 0) is 16.0 Å². The zero-order chi connectivity index (χ0) is 11.8. The summed E-state index contributed by atoms with van der Waals surface area (Å²) in [5.74, 6) is 0.247. The van der Waals surface area contributed by atoms with Crippen molar-refractivity contribution in [1.82, 2.24) is 0 Å². The molecule has 0 amide bonds. The van der Waals surface area contributed by atoms with Crippen LogP contribution in [0.5, 0.6) is 5.75 Å². The van der Waals surface area contributed by atoms with E-state index in [0.29, 0.717) is 18.8 Å². The van der Waals surface area contributed by atoms with E-state index in [1.807, 2.05) is 12.1 Å². The van der Waals surface area contributed by atoms with Crippen LogP contribution in [0.1, 0.15) is 12.5 Å². The summed E-state index contributed by atoms with van der Waals surface area (Å²) in [6.07, 6.45) is 0.623. The van der Waals surface area contributed by atoms with E-state index in [-0.39, 0.29) is 19.2 Å². The van der Waals surface area contributed by atoms with E-state index < -0.39 is 0 Å². The standard InChI is InChI=1S/C12H16O4/c1-2-15-12(14)9-16-11-5-3-10(4-6-11)7-8-13/h3-6,13H,2,7-9H2,1H3. The Kier molecular flexibility index (Phi) is 5.36.